The van der Waals surface area contributed by atoms with Gasteiger partial charge in [-0.15, -0.1) is 0 Å². The van der Waals surface area contributed by atoms with Gasteiger partial charge in [0.25, 0.3) is 0 Å². The highest BCUT2D eigenvalue weighted by Crippen LogP contribution is 2.20. The lowest BCUT2D eigenvalue weighted by Gasteiger charge is -2.30. The molecule has 94 valence electrons. The zero-order valence-electron chi connectivity index (χ0n) is 10.6. The molecule has 1 rings (SSSR count). The lowest BCUT2D eigenvalue weighted by molar-refractivity contribution is 0.204. The summed E-state index contributed by atoms with van der Waals surface area (Å²) < 4.78 is 5.10. The van der Waals surface area contributed by atoms with Crippen molar-refractivity contribution in [1.82, 2.24) is 4.98 Å². The lowest BCUT2D eigenvalue weighted by atomic mass is 10.1. The van der Waals surface area contributed by atoms with Gasteiger partial charge in [0.05, 0.1) is 18.5 Å². The number of nitrogen functional groups attached to an aromatic ring is 1. The first-order valence-corrected chi connectivity index (χ1v) is 5.62. The molecule has 1 aromatic rings. The number of nitrogens with two attached hydrogens (primary N) is 1. The first-order valence-electron chi connectivity index (χ1n) is 5.62. The predicted octanol–water partition coefficient (Wildman–Crippen LogP) is 1.23. The van der Waals surface area contributed by atoms with Gasteiger partial charge < -0.3 is 15.4 Å². The van der Waals surface area contributed by atoms with Crippen molar-refractivity contribution in [1.29, 1.82) is 5.41 Å². The molecule has 0 saturated heterocycles. The maximum absolute atomic E-state index is 7.58. The van der Waals surface area contributed by atoms with E-state index in [2.05, 4.69) is 23.7 Å². The number of ether oxygens (including phenoxy) is 1. The number of nitrogens with zero attached hydrogens (tertiary/aromatic N) is 2. The fourth-order valence-electron chi connectivity index (χ4n) is 1.69. The third-order valence-electron chi connectivity index (χ3n) is 2.56. The Morgan fingerprint density at radius 1 is 1.59 bits per heavy atom. The van der Waals surface area contributed by atoms with Crippen LogP contribution in [0.5, 0.6) is 0 Å². The van der Waals surface area contributed by atoms with E-state index < -0.39 is 0 Å². The van der Waals surface area contributed by atoms with Crippen LogP contribution in [0.3, 0.4) is 0 Å². The summed E-state index contributed by atoms with van der Waals surface area (Å²) >= 11 is 0. The smallest absolute Gasteiger partial charge is 0.125 e. The maximum atomic E-state index is 7.58. The first kappa shape index (κ1) is 13.4. The highest BCUT2D eigenvalue weighted by Gasteiger charge is 2.15. The number of pyridine rings is 1. The number of hydrogen-bond acceptors (Lipinski definition) is 4. The van der Waals surface area contributed by atoms with Crippen LogP contribution in [0.1, 0.15) is 19.4 Å². The topological polar surface area (TPSA) is 75.2 Å². The second-order valence-electron chi connectivity index (χ2n) is 4.09. The predicted molar refractivity (Wildman–Crippen MR) is 69.6 cm³/mol. The van der Waals surface area contributed by atoms with Gasteiger partial charge in [0.1, 0.15) is 5.84 Å². The number of aromatic nitrogens is 1. The minimum Gasteiger partial charge on any atom is -0.384 e. The molecule has 0 aliphatic carbocycles. The fourth-order valence-corrected chi connectivity index (χ4v) is 1.69. The van der Waals surface area contributed by atoms with Crippen molar-refractivity contribution >= 4 is 11.5 Å². The van der Waals surface area contributed by atoms with Crippen molar-refractivity contribution in [3.63, 3.8) is 0 Å². The van der Waals surface area contributed by atoms with Gasteiger partial charge in [0, 0.05) is 31.5 Å². The highest BCUT2D eigenvalue weighted by molar-refractivity contribution is 6.00. The maximum Gasteiger partial charge on any atom is 0.125 e. The summed E-state index contributed by atoms with van der Waals surface area (Å²) in [5.74, 6) is 0.0606. The van der Waals surface area contributed by atoms with Gasteiger partial charge in [-0.1, -0.05) is 0 Å². The molecule has 0 saturated carbocycles. The third-order valence-corrected chi connectivity index (χ3v) is 2.56. The number of hydrogen-bond donors (Lipinski definition) is 2. The van der Waals surface area contributed by atoms with Gasteiger partial charge in [-0.25, -0.2) is 0 Å². The van der Waals surface area contributed by atoms with Crippen LogP contribution in [0.2, 0.25) is 0 Å². The lowest BCUT2D eigenvalue weighted by Crippen LogP contribution is -2.35. The van der Waals surface area contributed by atoms with E-state index >= 15 is 0 Å². The standard InChI is InChI=1S/C12H20N4O/c1-9(2)16(6-7-17-3)11-8-15-5-4-10(11)12(13)14/h4-5,8-9H,6-7H2,1-3H3,(H3,13,14). The van der Waals surface area contributed by atoms with E-state index in [9.17, 15) is 0 Å². The molecule has 0 unspecified atom stereocenters. The summed E-state index contributed by atoms with van der Waals surface area (Å²) in [6, 6.07) is 2.06. The molecule has 5 nitrogen and oxygen atoms in total. The Hall–Kier alpha value is -1.62. The third kappa shape index (κ3) is 3.42. The monoisotopic (exact) mass is 236 g/mol. The molecular weight excluding hydrogens is 216 g/mol. The summed E-state index contributed by atoms with van der Waals surface area (Å²) in [4.78, 5) is 6.24. The van der Waals surface area contributed by atoms with E-state index in [0.29, 0.717) is 18.2 Å². The number of amidine groups is 1. The van der Waals surface area contributed by atoms with E-state index in [1.165, 1.54) is 0 Å². The van der Waals surface area contributed by atoms with E-state index in [0.717, 1.165) is 12.2 Å². The zero-order chi connectivity index (χ0) is 12.8. The van der Waals surface area contributed by atoms with Gasteiger partial charge in [-0.05, 0) is 19.9 Å². The Labute approximate surface area is 102 Å². The second kappa shape index (κ2) is 6.20. The highest BCUT2D eigenvalue weighted by atomic mass is 16.5. The van der Waals surface area contributed by atoms with E-state index in [4.69, 9.17) is 15.9 Å². The van der Waals surface area contributed by atoms with Gasteiger partial charge in [-0.2, -0.15) is 0 Å². The molecule has 0 aliphatic heterocycles. The summed E-state index contributed by atoms with van der Waals surface area (Å²) in [5.41, 5.74) is 7.17. The molecule has 5 heteroatoms. The molecular formula is C12H20N4O. The molecule has 1 aromatic heterocycles. The minimum absolute atomic E-state index is 0.0606. The molecule has 0 amide bonds. The summed E-state index contributed by atoms with van der Waals surface area (Å²) in [5, 5.41) is 7.58. The fraction of sp³-hybridized carbons (Fsp3) is 0.500. The van der Waals surface area contributed by atoms with Crippen LogP contribution in [0.15, 0.2) is 18.5 Å². The Bertz CT molecular complexity index is 379. The van der Waals surface area contributed by atoms with Crippen molar-refractivity contribution in [3.8, 4) is 0 Å². The average Bonchev–Trinajstić information content (AvgIpc) is 2.29. The number of anilines is 1. The molecule has 0 atom stereocenters. The summed E-state index contributed by atoms with van der Waals surface area (Å²) in [6.45, 7) is 5.56. The normalized spacial score (nSPS) is 10.6. The summed E-state index contributed by atoms with van der Waals surface area (Å²) in [6.07, 6.45) is 3.39. The van der Waals surface area contributed by atoms with Crippen LogP contribution in [0, 0.1) is 5.41 Å². The molecule has 0 bridgehead atoms. The minimum atomic E-state index is 0.0606. The Morgan fingerprint density at radius 2 is 2.29 bits per heavy atom. The molecule has 0 radical (unpaired) electrons. The van der Waals surface area contributed by atoms with Crippen LogP contribution >= 0.6 is 0 Å². The van der Waals surface area contributed by atoms with Crippen LogP contribution < -0.4 is 10.6 Å². The molecule has 0 fully saturated rings. The first-order chi connectivity index (χ1) is 8.07. The van der Waals surface area contributed by atoms with Crippen molar-refractivity contribution in [3.05, 3.63) is 24.0 Å². The van der Waals surface area contributed by atoms with Crippen molar-refractivity contribution in [2.75, 3.05) is 25.2 Å². The Morgan fingerprint density at radius 3 is 2.82 bits per heavy atom. The van der Waals surface area contributed by atoms with E-state index in [1.54, 1.807) is 25.6 Å². The number of rotatable bonds is 6. The Kier molecular flexibility index (Phi) is 4.90. The van der Waals surface area contributed by atoms with Gasteiger partial charge >= 0.3 is 0 Å². The largest absolute Gasteiger partial charge is 0.384 e. The van der Waals surface area contributed by atoms with E-state index in [-0.39, 0.29) is 5.84 Å². The van der Waals surface area contributed by atoms with Crippen LogP contribution in [-0.4, -0.2) is 37.1 Å². The van der Waals surface area contributed by atoms with Gasteiger partial charge in [-0.3, -0.25) is 10.4 Å². The Balaban J connectivity index is 3.04. The number of methoxy groups -OCH3 is 1. The van der Waals surface area contributed by atoms with E-state index in [1.807, 2.05) is 0 Å². The zero-order valence-corrected chi connectivity index (χ0v) is 10.6. The molecule has 0 aromatic carbocycles. The molecule has 17 heavy (non-hydrogen) atoms. The van der Waals surface area contributed by atoms with Crippen molar-refractivity contribution in [2.45, 2.75) is 19.9 Å². The number of nitrogens with one attached hydrogen (secondary N) is 1. The summed E-state index contributed by atoms with van der Waals surface area (Å²) in [7, 11) is 1.67. The quantitative estimate of drug-likeness (QED) is 0.575. The van der Waals surface area contributed by atoms with Gasteiger partial charge in [0.15, 0.2) is 0 Å². The van der Waals surface area contributed by atoms with Crippen LogP contribution in [-0.2, 0) is 4.74 Å². The average molecular weight is 236 g/mol. The molecule has 0 spiro atoms. The van der Waals surface area contributed by atoms with Crippen molar-refractivity contribution in [2.24, 2.45) is 5.73 Å². The second-order valence-corrected chi connectivity index (χ2v) is 4.09. The van der Waals surface area contributed by atoms with Crippen LogP contribution in [0.25, 0.3) is 0 Å². The van der Waals surface area contributed by atoms with Crippen LogP contribution in [0.4, 0.5) is 5.69 Å². The molecule has 0 aliphatic rings. The van der Waals surface area contributed by atoms with Crippen molar-refractivity contribution < 1.29 is 4.74 Å². The van der Waals surface area contributed by atoms with Gasteiger partial charge in [0.2, 0.25) is 0 Å². The molecule has 3 N–H and O–H groups in total. The molecule has 1 heterocycles. The SMILES string of the molecule is COCCN(c1cnccc1C(=N)N)C(C)C.